The van der Waals surface area contributed by atoms with E-state index in [0.29, 0.717) is 0 Å². The summed E-state index contributed by atoms with van der Waals surface area (Å²) in [5.74, 6) is 4.54. The Kier molecular flexibility index (Phi) is 5.19. The maximum Gasteiger partial charge on any atom is 0.0120 e. The fourth-order valence-electron chi connectivity index (χ4n) is 3.31. The van der Waals surface area contributed by atoms with Crippen LogP contribution in [-0.2, 0) is 0 Å². The molecule has 4 unspecified atom stereocenters. The lowest BCUT2D eigenvalue weighted by Gasteiger charge is -2.44. The van der Waals surface area contributed by atoms with E-state index in [4.69, 9.17) is 0 Å². The number of nitrogens with zero attached hydrogens (tertiary/aromatic N) is 1. The van der Waals surface area contributed by atoms with Gasteiger partial charge in [-0.25, -0.2) is 0 Å². The van der Waals surface area contributed by atoms with Crippen molar-refractivity contribution in [3.8, 4) is 0 Å². The SMILES string of the molecule is CCNC1CCN(CC2CCSC2)C(C)C1C. The summed E-state index contributed by atoms with van der Waals surface area (Å²) in [6.07, 6.45) is 2.78. The lowest BCUT2D eigenvalue weighted by Crippen LogP contribution is -2.54. The molecule has 0 spiro atoms. The molecule has 2 rings (SSSR count). The zero-order chi connectivity index (χ0) is 12.3. The molecule has 2 aliphatic rings. The van der Waals surface area contributed by atoms with Crippen molar-refractivity contribution >= 4 is 11.8 Å². The normalized spacial score (nSPS) is 39.7. The predicted octanol–water partition coefficient (Wildman–Crippen LogP) is 2.45. The number of thioether (sulfide) groups is 1. The molecule has 0 bridgehead atoms. The van der Waals surface area contributed by atoms with E-state index in [1.54, 1.807) is 0 Å². The number of likely N-dealkylation sites (tertiary alicyclic amines) is 1. The minimum absolute atomic E-state index is 0.740. The van der Waals surface area contributed by atoms with Crippen LogP contribution in [0.25, 0.3) is 0 Å². The second-order valence-electron chi connectivity index (χ2n) is 5.78. The van der Waals surface area contributed by atoms with E-state index in [9.17, 15) is 0 Å². The van der Waals surface area contributed by atoms with E-state index < -0.39 is 0 Å². The first-order valence-corrected chi connectivity index (χ1v) is 8.43. The van der Waals surface area contributed by atoms with Crippen LogP contribution in [0.4, 0.5) is 0 Å². The van der Waals surface area contributed by atoms with Crippen LogP contribution >= 0.6 is 11.8 Å². The highest BCUT2D eigenvalue weighted by Gasteiger charge is 2.33. The zero-order valence-corrected chi connectivity index (χ0v) is 12.4. The first-order chi connectivity index (χ1) is 8.22. The Morgan fingerprint density at radius 2 is 2.12 bits per heavy atom. The summed E-state index contributed by atoms with van der Waals surface area (Å²) in [6.45, 7) is 10.8. The summed E-state index contributed by atoms with van der Waals surface area (Å²) in [5, 5.41) is 3.65. The Labute approximate surface area is 111 Å². The van der Waals surface area contributed by atoms with Gasteiger partial charge in [0.15, 0.2) is 0 Å². The maximum atomic E-state index is 3.65. The molecule has 2 saturated heterocycles. The summed E-state index contributed by atoms with van der Waals surface area (Å²) in [7, 11) is 0. The van der Waals surface area contributed by atoms with Crippen LogP contribution in [0.3, 0.4) is 0 Å². The van der Waals surface area contributed by atoms with Gasteiger partial charge in [-0.15, -0.1) is 0 Å². The van der Waals surface area contributed by atoms with Gasteiger partial charge in [-0.2, -0.15) is 11.8 Å². The Hall–Kier alpha value is 0.270. The van der Waals surface area contributed by atoms with Crippen molar-refractivity contribution < 1.29 is 0 Å². The first-order valence-electron chi connectivity index (χ1n) is 7.27. The van der Waals surface area contributed by atoms with E-state index in [2.05, 4.69) is 42.7 Å². The van der Waals surface area contributed by atoms with Crippen LogP contribution in [0.1, 0.15) is 33.6 Å². The average molecular weight is 256 g/mol. The summed E-state index contributed by atoms with van der Waals surface area (Å²) >= 11 is 2.14. The zero-order valence-electron chi connectivity index (χ0n) is 11.6. The molecule has 0 aromatic carbocycles. The number of hydrogen-bond donors (Lipinski definition) is 1. The molecular formula is C14H28N2S. The van der Waals surface area contributed by atoms with Gasteiger partial charge in [0.1, 0.15) is 0 Å². The number of rotatable bonds is 4. The van der Waals surface area contributed by atoms with Gasteiger partial charge >= 0.3 is 0 Å². The van der Waals surface area contributed by atoms with Gasteiger partial charge in [-0.3, -0.25) is 4.90 Å². The summed E-state index contributed by atoms with van der Waals surface area (Å²) in [5.41, 5.74) is 0. The predicted molar refractivity (Wildman–Crippen MR) is 77.7 cm³/mol. The lowest BCUT2D eigenvalue weighted by molar-refractivity contribution is 0.0740. The van der Waals surface area contributed by atoms with Crippen molar-refractivity contribution in [2.45, 2.75) is 45.7 Å². The van der Waals surface area contributed by atoms with Crippen molar-refractivity contribution in [3.63, 3.8) is 0 Å². The van der Waals surface area contributed by atoms with E-state index in [-0.39, 0.29) is 0 Å². The summed E-state index contributed by atoms with van der Waals surface area (Å²) in [6, 6.07) is 1.49. The fourth-order valence-corrected chi connectivity index (χ4v) is 4.58. The molecule has 2 aliphatic heterocycles. The third kappa shape index (κ3) is 3.39. The molecule has 4 atom stereocenters. The van der Waals surface area contributed by atoms with Crippen LogP contribution < -0.4 is 5.32 Å². The molecule has 0 aliphatic carbocycles. The molecule has 2 fully saturated rings. The van der Waals surface area contributed by atoms with Crippen LogP contribution in [0, 0.1) is 11.8 Å². The monoisotopic (exact) mass is 256 g/mol. The van der Waals surface area contributed by atoms with Crippen LogP contribution in [0.5, 0.6) is 0 Å². The second-order valence-corrected chi connectivity index (χ2v) is 6.93. The van der Waals surface area contributed by atoms with E-state index >= 15 is 0 Å². The Balaban J connectivity index is 1.84. The van der Waals surface area contributed by atoms with Crippen molar-refractivity contribution in [3.05, 3.63) is 0 Å². The molecule has 0 radical (unpaired) electrons. The van der Waals surface area contributed by atoms with Crippen LogP contribution in [0.15, 0.2) is 0 Å². The molecule has 0 amide bonds. The van der Waals surface area contributed by atoms with Gasteiger partial charge in [-0.1, -0.05) is 13.8 Å². The Morgan fingerprint density at radius 1 is 1.29 bits per heavy atom. The van der Waals surface area contributed by atoms with Gasteiger partial charge in [-0.05, 0) is 56.2 Å². The highest BCUT2D eigenvalue weighted by molar-refractivity contribution is 7.99. The Bertz CT molecular complexity index is 228. The summed E-state index contributed by atoms with van der Waals surface area (Å²) < 4.78 is 0. The molecule has 2 heterocycles. The van der Waals surface area contributed by atoms with E-state index in [1.165, 1.54) is 37.4 Å². The molecule has 1 N–H and O–H groups in total. The lowest BCUT2D eigenvalue weighted by atomic mass is 9.86. The molecule has 0 aromatic heterocycles. The van der Waals surface area contributed by atoms with Gasteiger partial charge in [0.2, 0.25) is 0 Å². The van der Waals surface area contributed by atoms with Gasteiger partial charge in [0.25, 0.3) is 0 Å². The topological polar surface area (TPSA) is 15.3 Å². The molecule has 0 aromatic rings. The third-order valence-corrected chi connectivity index (χ3v) is 5.91. The third-order valence-electron chi connectivity index (χ3n) is 4.68. The maximum absolute atomic E-state index is 3.65. The van der Waals surface area contributed by atoms with Crippen molar-refractivity contribution in [2.24, 2.45) is 11.8 Å². The molecule has 3 heteroatoms. The number of nitrogens with one attached hydrogen (secondary N) is 1. The highest BCUT2D eigenvalue weighted by atomic mass is 32.2. The minimum atomic E-state index is 0.740. The van der Waals surface area contributed by atoms with E-state index in [0.717, 1.165) is 30.5 Å². The van der Waals surface area contributed by atoms with Gasteiger partial charge in [0.05, 0.1) is 0 Å². The quantitative estimate of drug-likeness (QED) is 0.832. The first kappa shape index (κ1) is 13.7. The van der Waals surface area contributed by atoms with Crippen molar-refractivity contribution in [1.82, 2.24) is 10.2 Å². The molecule has 0 saturated carbocycles. The van der Waals surface area contributed by atoms with Crippen molar-refractivity contribution in [1.29, 1.82) is 0 Å². The molecular weight excluding hydrogens is 228 g/mol. The molecule has 17 heavy (non-hydrogen) atoms. The largest absolute Gasteiger partial charge is 0.314 e. The fraction of sp³-hybridized carbons (Fsp3) is 1.00. The summed E-state index contributed by atoms with van der Waals surface area (Å²) in [4.78, 5) is 2.75. The van der Waals surface area contributed by atoms with Crippen molar-refractivity contribution in [2.75, 3.05) is 31.1 Å². The number of hydrogen-bond acceptors (Lipinski definition) is 3. The highest BCUT2D eigenvalue weighted by Crippen LogP contribution is 2.29. The van der Waals surface area contributed by atoms with E-state index in [1.807, 2.05) is 0 Å². The second kappa shape index (κ2) is 6.44. The molecule has 2 nitrogen and oxygen atoms in total. The van der Waals surface area contributed by atoms with Crippen LogP contribution in [0.2, 0.25) is 0 Å². The molecule has 100 valence electrons. The smallest absolute Gasteiger partial charge is 0.0120 e. The van der Waals surface area contributed by atoms with Crippen LogP contribution in [-0.4, -0.2) is 48.1 Å². The van der Waals surface area contributed by atoms with Gasteiger partial charge in [0, 0.05) is 18.6 Å². The van der Waals surface area contributed by atoms with Gasteiger partial charge < -0.3 is 5.32 Å². The standard InChI is InChI=1S/C14H28N2S/c1-4-15-14-5-7-16(12(3)11(14)2)9-13-6-8-17-10-13/h11-15H,4-10H2,1-3H3. The number of piperidine rings is 1. The Morgan fingerprint density at radius 3 is 2.76 bits per heavy atom. The average Bonchev–Trinajstić information content (AvgIpc) is 2.82. The minimum Gasteiger partial charge on any atom is -0.314 e.